The van der Waals surface area contributed by atoms with Gasteiger partial charge in [-0.1, -0.05) is 66.7 Å². The van der Waals surface area contributed by atoms with Gasteiger partial charge < -0.3 is 14.4 Å². The molecule has 1 unspecified atom stereocenters. The van der Waals surface area contributed by atoms with Crippen molar-refractivity contribution in [3.05, 3.63) is 47.0 Å². The summed E-state index contributed by atoms with van der Waals surface area (Å²) < 4.78 is 10.5. The molecule has 0 N–H and O–H groups in total. The van der Waals surface area contributed by atoms with Gasteiger partial charge in [0.25, 0.3) is 5.91 Å². The minimum absolute atomic E-state index is 0.0716. The molecule has 3 rings (SSSR count). The molecule has 1 aromatic carbocycles. The number of benzene rings is 1. The average molecular weight is 640 g/mol. The highest BCUT2D eigenvalue weighted by molar-refractivity contribution is 6.51. The molecule has 1 aliphatic heterocycles. The minimum Gasteiger partial charge on any atom is -0.462 e. The Morgan fingerprint density at radius 1 is 1.16 bits per heavy atom. The van der Waals surface area contributed by atoms with E-state index in [1.54, 1.807) is 19.4 Å². The number of carbonyl (C=O) groups excluding carboxylic acids is 2. The first-order valence-corrected chi connectivity index (χ1v) is 16.6. The molecule has 1 spiro atoms. The lowest BCUT2D eigenvalue weighted by atomic mass is 9.69. The molecule has 248 valence electrons. The van der Waals surface area contributed by atoms with E-state index in [4.69, 9.17) is 26.1 Å². The van der Waals surface area contributed by atoms with E-state index in [1.165, 1.54) is 0 Å². The molecular formula is C37H54ClN3O4. The molecule has 45 heavy (non-hydrogen) atoms. The van der Waals surface area contributed by atoms with Crippen LogP contribution in [0, 0.1) is 29.6 Å². The molecule has 0 aromatic heterocycles. The molecule has 1 heterocycles. The van der Waals surface area contributed by atoms with Gasteiger partial charge in [-0.25, -0.2) is 4.79 Å². The van der Waals surface area contributed by atoms with Crippen molar-refractivity contribution in [2.24, 2.45) is 26.7 Å². The topological polar surface area (TPSA) is 80.6 Å². The van der Waals surface area contributed by atoms with E-state index in [-0.39, 0.29) is 41.4 Å². The van der Waals surface area contributed by atoms with Crippen molar-refractivity contribution in [1.29, 1.82) is 0 Å². The second-order valence-corrected chi connectivity index (χ2v) is 14.5. The number of terminal acetylenes is 1. The monoisotopic (exact) mass is 639 g/mol. The van der Waals surface area contributed by atoms with Gasteiger partial charge >= 0.3 is 5.97 Å². The van der Waals surface area contributed by atoms with Gasteiger partial charge in [-0.2, -0.15) is 0 Å². The Labute approximate surface area is 276 Å². The number of rotatable bonds is 12. The largest absolute Gasteiger partial charge is 0.462 e. The maximum atomic E-state index is 14.6. The van der Waals surface area contributed by atoms with E-state index in [9.17, 15) is 9.59 Å². The van der Waals surface area contributed by atoms with Crippen molar-refractivity contribution in [1.82, 2.24) is 4.90 Å². The first-order valence-electron chi connectivity index (χ1n) is 16.1. The lowest BCUT2D eigenvalue weighted by Gasteiger charge is -2.47. The Bertz CT molecular complexity index is 1230. The number of nitrogens with zero attached hydrogens (tertiary/aromatic N) is 3. The van der Waals surface area contributed by atoms with Gasteiger partial charge in [0.15, 0.2) is 0 Å². The van der Waals surface area contributed by atoms with Gasteiger partial charge in [-0.05, 0) is 79.4 Å². The summed E-state index contributed by atoms with van der Waals surface area (Å²) in [5, 5.41) is 0. The SMILES string of the molecule is C#C.CCCOC(=O)c1ccc(C(CCC(C)(C)C)N2C(=O)C(C(/C=N\COC)=C/CCl)=NC23CCC(C(C)(C)C)CC3)cc1. The van der Waals surface area contributed by atoms with Crippen molar-refractivity contribution in [2.45, 2.75) is 105 Å². The first kappa shape index (κ1) is 38.2. The second kappa shape index (κ2) is 17.1. The molecule has 2 aliphatic rings. The fraction of sp³-hybridized carbons (Fsp3) is 0.622. The van der Waals surface area contributed by atoms with Gasteiger partial charge in [0, 0.05) is 24.8 Å². The minimum atomic E-state index is -0.657. The molecule has 1 aliphatic carbocycles. The van der Waals surface area contributed by atoms with Crippen LogP contribution < -0.4 is 0 Å². The van der Waals surface area contributed by atoms with Crippen LogP contribution in [0.5, 0.6) is 0 Å². The molecule has 8 heteroatoms. The van der Waals surface area contributed by atoms with Crippen LogP contribution in [0.15, 0.2) is 45.9 Å². The highest BCUT2D eigenvalue weighted by Crippen LogP contribution is 2.50. The Hall–Kier alpha value is -2.95. The highest BCUT2D eigenvalue weighted by Gasteiger charge is 2.53. The van der Waals surface area contributed by atoms with Crippen molar-refractivity contribution in [3.63, 3.8) is 0 Å². The van der Waals surface area contributed by atoms with Gasteiger partial charge in [0.05, 0.1) is 18.2 Å². The van der Waals surface area contributed by atoms with E-state index in [0.29, 0.717) is 29.4 Å². The third-order valence-corrected chi connectivity index (χ3v) is 8.81. The van der Waals surface area contributed by atoms with Crippen LogP contribution in [0.1, 0.15) is 115 Å². The van der Waals surface area contributed by atoms with Crippen LogP contribution in [-0.4, -0.2) is 60.7 Å². The maximum Gasteiger partial charge on any atom is 0.338 e. The number of esters is 1. The zero-order chi connectivity index (χ0) is 33.8. The zero-order valence-electron chi connectivity index (χ0n) is 28.7. The number of ether oxygens (including phenoxy) is 2. The number of hydrogen-bond donors (Lipinski definition) is 0. The summed E-state index contributed by atoms with van der Waals surface area (Å²) in [7, 11) is 1.58. The zero-order valence-corrected chi connectivity index (χ0v) is 29.5. The van der Waals surface area contributed by atoms with Crippen molar-refractivity contribution >= 4 is 35.4 Å². The lowest BCUT2D eigenvalue weighted by molar-refractivity contribution is -0.134. The summed E-state index contributed by atoms with van der Waals surface area (Å²) in [6.07, 6.45) is 17.5. The highest BCUT2D eigenvalue weighted by atomic mass is 35.5. The summed E-state index contributed by atoms with van der Waals surface area (Å²) in [5.74, 6) is 0.366. The fourth-order valence-electron chi connectivity index (χ4n) is 6.17. The molecule has 1 saturated carbocycles. The van der Waals surface area contributed by atoms with Crippen LogP contribution in [0.2, 0.25) is 0 Å². The molecular weight excluding hydrogens is 586 g/mol. The number of amides is 1. The third kappa shape index (κ3) is 10.3. The van der Waals surface area contributed by atoms with E-state index >= 15 is 0 Å². The second-order valence-electron chi connectivity index (χ2n) is 14.2. The standard InChI is InChI=1S/C35H52ClN3O4.C2H2/c1-9-22-43-32(41)26-12-10-25(11-13-26)29(16-18-33(2,3)4)39-31(40)30(27(17-21-36)23-37-24-42-8)38-35(39)19-14-28(15-20-35)34(5,6)7;1-2/h10-13,17,23,28-29H,9,14-16,18-22,24H2,1-8H3;1-2H/b27-17+,37-23-;. The third-order valence-electron chi connectivity index (χ3n) is 8.65. The van der Waals surface area contributed by atoms with Crippen molar-refractivity contribution in [3.8, 4) is 12.8 Å². The lowest BCUT2D eigenvalue weighted by Crippen LogP contribution is -2.51. The number of allylic oxidation sites excluding steroid dienone is 1. The molecule has 1 atom stereocenters. The summed E-state index contributed by atoms with van der Waals surface area (Å²) in [5.41, 5.74) is 2.15. The number of halogens is 1. The maximum absolute atomic E-state index is 14.6. The molecule has 1 amide bonds. The molecule has 0 radical (unpaired) electrons. The molecule has 7 nitrogen and oxygen atoms in total. The van der Waals surface area contributed by atoms with Crippen LogP contribution >= 0.6 is 11.6 Å². The average Bonchev–Trinajstić information content (AvgIpc) is 3.27. The van der Waals surface area contributed by atoms with E-state index in [2.05, 4.69) is 64.3 Å². The van der Waals surface area contributed by atoms with Crippen LogP contribution in [0.25, 0.3) is 0 Å². The van der Waals surface area contributed by atoms with Crippen LogP contribution in [0.3, 0.4) is 0 Å². The Morgan fingerprint density at radius 2 is 1.78 bits per heavy atom. The molecule has 1 aromatic rings. The fourth-order valence-corrected chi connectivity index (χ4v) is 6.34. The van der Waals surface area contributed by atoms with Crippen molar-refractivity contribution < 1.29 is 19.1 Å². The van der Waals surface area contributed by atoms with Gasteiger partial charge in [-0.3, -0.25) is 14.8 Å². The summed E-state index contributed by atoms with van der Waals surface area (Å²) in [6.45, 7) is 16.1. The summed E-state index contributed by atoms with van der Waals surface area (Å²) >= 11 is 6.16. The predicted octanol–water partition coefficient (Wildman–Crippen LogP) is 8.43. The Balaban J connectivity index is 0.00000345. The van der Waals surface area contributed by atoms with E-state index < -0.39 is 5.66 Å². The van der Waals surface area contributed by atoms with Crippen LogP contribution in [0.4, 0.5) is 0 Å². The van der Waals surface area contributed by atoms with Crippen molar-refractivity contribution in [2.75, 3.05) is 26.3 Å². The Kier molecular flexibility index (Phi) is 14.5. The van der Waals surface area contributed by atoms with Gasteiger partial charge in [-0.15, -0.1) is 24.4 Å². The number of hydrogen-bond acceptors (Lipinski definition) is 6. The van der Waals surface area contributed by atoms with E-state index in [0.717, 1.165) is 50.5 Å². The quantitative estimate of drug-likeness (QED) is 0.0995. The van der Waals surface area contributed by atoms with E-state index in [1.807, 2.05) is 31.2 Å². The van der Waals surface area contributed by atoms with Gasteiger partial charge in [0.1, 0.15) is 18.1 Å². The summed E-state index contributed by atoms with van der Waals surface area (Å²) in [6, 6.07) is 7.38. The normalized spacial score (nSPS) is 21.4. The predicted molar refractivity (Wildman–Crippen MR) is 186 cm³/mol. The van der Waals surface area contributed by atoms with Crippen LogP contribution in [-0.2, 0) is 14.3 Å². The number of alkyl halides is 1. The molecule has 0 bridgehead atoms. The number of methoxy groups -OCH3 is 1. The first-order chi connectivity index (χ1) is 21.3. The van der Waals surface area contributed by atoms with Gasteiger partial charge in [0.2, 0.25) is 0 Å². The summed E-state index contributed by atoms with van der Waals surface area (Å²) in [4.78, 5) is 38.8. The number of aliphatic imine (C=N–C) groups is 2. The number of carbonyl (C=O) groups is 2. The Morgan fingerprint density at radius 3 is 2.29 bits per heavy atom. The molecule has 1 fully saturated rings. The smallest absolute Gasteiger partial charge is 0.338 e. The molecule has 0 saturated heterocycles.